The largest absolute Gasteiger partial charge is 0.507 e. The number of ketones is 1. The number of Topliss-reactive ketones (excluding diaryl/α,β-unsaturated/α-hetero) is 1. The predicted molar refractivity (Wildman–Crippen MR) is 131 cm³/mol. The van der Waals surface area contributed by atoms with E-state index < -0.39 is 23.7 Å². The quantitative estimate of drug-likeness (QED) is 0.310. The van der Waals surface area contributed by atoms with E-state index in [0.29, 0.717) is 28.1 Å². The highest BCUT2D eigenvalue weighted by atomic mass is 16.5. The normalized spacial score (nSPS) is 17.0. The fourth-order valence-electron chi connectivity index (χ4n) is 4.29. The third-order valence-electron chi connectivity index (χ3n) is 6.09. The number of anilines is 1. The zero-order valence-corrected chi connectivity index (χ0v) is 19.6. The summed E-state index contributed by atoms with van der Waals surface area (Å²) < 4.78 is 5.25. The Labute approximate surface area is 202 Å². The summed E-state index contributed by atoms with van der Waals surface area (Å²) in [6, 6.07) is 18.0. The molecule has 4 rings (SSSR count). The molecule has 3 aromatic carbocycles. The highest BCUT2D eigenvalue weighted by molar-refractivity contribution is 6.51. The summed E-state index contributed by atoms with van der Waals surface area (Å²) in [6.45, 7) is 3.71. The van der Waals surface area contributed by atoms with Crippen LogP contribution < -0.4 is 9.64 Å². The number of carboxylic acids is 1. The van der Waals surface area contributed by atoms with Crippen molar-refractivity contribution in [1.29, 1.82) is 0 Å². The van der Waals surface area contributed by atoms with E-state index in [4.69, 9.17) is 9.84 Å². The Morgan fingerprint density at radius 3 is 2.20 bits per heavy atom. The number of nitrogens with zero attached hydrogens (tertiary/aromatic N) is 1. The fourth-order valence-corrected chi connectivity index (χ4v) is 4.29. The highest BCUT2D eigenvalue weighted by Gasteiger charge is 2.47. The molecule has 0 radical (unpaired) electrons. The van der Waals surface area contributed by atoms with Gasteiger partial charge in [0, 0.05) is 11.3 Å². The van der Waals surface area contributed by atoms with Gasteiger partial charge in [0.2, 0.25) is 0 Å². The van der Waals surface area contributed by atoms with Gasteiger partial charge in [-0.05, 0) is 60.9 Å². The van der Waals surface area contributed by atoms with E-state index in [1.807, 2.05) is 26.0 Å². The van der Waals surface area contributed by atoms with Crippen LogP contribution in [0.4, 0.5) is 5.69 Å². The Hall–Kier alpha value is -4.39. The molecule has 7 heteroatoms. The van der Waals surface area contributed by atoms with Gasteiger partial charge in [-0.15, -0.1) is 0 Å². The van der Waals surface area contributed by atoms with Crippen LogP contribution in [-0.2, 0) is 20.8 Å². The minimum Gasteiger partial charge on any atom is -0.507 e. The third kappa shape index (κ3) is 4.53. The lowest BCUT2D eigenvalue weighted by Gasteiger charge is -2.26. The Kier molecular flexibility index (Phi) is 6.42. The van der Waals surface area contributed by atoms with Gasteiger partial charge >= 0.3 is 5.97 Å². The standard InChI is InChI=1S/C28H25NO6/c1-16-4-5-17(2)22(14-16)26(32)24-25(19-8-12-21(35-3)13-9-19)29(28(34)27(24)33)20-10-6-18(7-11-20)15-23(30)31/h4-14,25,32H,15H2,1-3H3,(H,30,31)/b26-24+. The molecule has 0 bridgehead atoms. The van der Waals surface area contributed by atoms with Crippen molar-refractivity contribution in [2.75, 3.05) is 12.0 Å². The second-order valence-corrected chi connectivity index (χ2v) is 8.50. The number of benzene rings is 3. The first-order valence-corrected chi connectivity index (χ1v) is 11.0. The van der Waals surface area contributed by atoms with E-state index >= 15 is 0 Å². The molecule has 1 saturated heterocycles. The number of hydrogen-bond acceptors (Lipinski definition) is 5. The van der Waals surface area contributed by atoms with Crippen molar-refractivity contribution in [2.45, 2.75) is 26.3 Å². The van der Waals surface area contributed by atoms with Crippen molar-refractivity contribution in [3.63, 3.8) is 0 Å². The van der Waals surface area contributed by atoms with Gasteiger partial charge < -0.3 is 14.9 Å². The number of carbonyl (C=O) groups excluding carboxylic acids is 2. The summed E-state index contributed by atoms with van der Waals surface area (Å²) in [6.07, 6.45) is -0.159. The van der Waals surface area contributed by atoms with Crippen molar-refractivity contribution in [2.24, 2.45) is 0 Å². The van der Waals surface area contributed by atoms with E-state index in [1.165, 1.54) is 4.90 Å². The van der Waals surface area contributed by atoms with E-state index in [9.17, 15) is 19.5 Å². The minimum atomic E-state index is -0.968. The summed E-state index contributed by atoms with van der Waals surface area (Å²) >= 11 is 0. The van der Waals surface area contributed by atoms with E-state index in [0.717, 1.165) is 11.1 Å². The molecule has 1 fully saturated rings. The topological polar surface area (TPSA) is 104 Å². The molecule has 0 spiro atoms. The van der Waals surface area contributed by atoms with Crippen LogP contribution in [0.3, 0.4) is 0 Å². The third-order valence-corrected chi connectivity index (χ3v) is 6.09. The number of rotatable bonds is 6. The molecule has 178 valence electrons. The maximum atomic E-state index is 13.3. The van der Waals surface area contributed by atoms with Gasteiger partial charge in [0.25, 0.3) is 11.7 Å². The number of carboxylic acid groups (broad SMARTS) is 1. The van der Waals surface area contributed by atoms with E-state index in [-0.39, 0.29) is 17.8 Å². The maximum Gasteiger partial charge on any atom is 0.307 e. The molecule has 0 aliphatic carbocycles. The van der Waals surface area contributed by atoms with E-state index in [1.54, 1.807) is 61.7 Å². The van der Waals surface area contributed by atoms with Crippen molar-refractivity contribution < 1.29 is 29.3 Å². The highest BCUT2D eigenvalue weighted by Crippen LogP contribution is 2.43. The lowest BCUT2D eigenvalue weighted by Crippen LogP contribution is -2.29. The van der Waals surface area contributed by atoms with Crippen LogP contribution in [0.5, 0.6) is 5.75 Å². The molecule has 1 aliphatic heterocycles. The number of aliphatic carboxylic acids is 1. The predicted octanol–water partition coefficient (Wildman–Crippen LogP) is 4.57. The van der Waals surface area contributed by atoms with E-state index in [2.05, 4.69) is 0 Å². The first kappa shape index (κ1) is 23.8. The average molecular weight is 472 g/mol. The van der Waals surface area contributed by atoms with Gasteiger partial charge in [0.15, 0.2) is 0 Å². The van der Waals surface area contributed by atoms with Crippen molar-refractivity contribution >= 4 is 29.1 Å². The van der Waals surface area contributed by atoms with Gasteiger partial charge in [-0.1, -0.05) is 42.0 Å². The van der Waals surface area contributed by atoms with Crippen LogP contribution in [0.1, 0.15) is 33.9 Å². The van der Waals surface area contributed by atoms with Crippen molar-refractivity contribution in [1.82, 2.24) is 0 Å². The number of aryl methyl sites for hydroxylation is 2. The van der Waals surface area contributed by atoms with Crippen molar-refractivity contribution in [3.05, 3.63) is 100 Å². The molecule has 2 N–H and O–H groups in total. The van der Waals surface area contributed by atoms with Gasteiger partial charge in [0.05, 0.1) is 25.1 Å². The molecular formula is C28H25NO6. The zero-order chi connectivity index (χ0) is 25.3. The van der Waals surface area contributed by atoms with Crippen LogP contribution >= 0.6 is 0 Å². The molecule has 1 unspecified atom stereocenters. The molecule has 0 aromatic heterocycles. The number of hydrogen-bond donors (Lipinski definition) is 2. The second kappa shape index (κ2) is 9.46. The summed E-state index contributed by atoms with van der Waals surface area (Å²) in [7, 11) is 1.54. The lowest BCUT2D eigenvalue weighted by atomic mass is 9.93. The van der Waals surface area contributed by atoms with Crippen LogP contribution in [0, 0.1) is 13.8 Å². The van der Waals surface area contributed by atoms with Gasteiger partial charge in [-0.3, -0.25) is 19.3 Å². The molecule has 35 heavy (non-hydrogen) atoms. The maximum absolute atomic E-state index is 13.3. The molecule has 0 saturated carbocycles. The van der Waals surface area contributed by atoms with Crippen LogP contribution in [0.2, 0.25) is 0 Å². The Balaban J connectivity index is 1.90. The summed E-state index contributed by atoms with van der Waals surface area (Å²) in [5.74, 6) is -2.17. The molecule has 1 heterocycles. The van der Waals surface area contributed by atoms with Gasteiger partial charge in [0.1, 0.15) is 11.5 Å². The van der Waals surface area contributed by atoms with Gasteiger partial charge in [-0.2, -0.15) is 0 Å². The van der Waals surface area contributed by atoms with Crippen molar-refractivity contribution in [3.8, 4) is 5.75 Å². The summed E-state index contributed by atoms with van der Waals surface area (Å²) in [4.78, 5) is 39.0. The first-order valence-electron chi connectivity index (χ1n) is 11.0. The molecule has 1 atom stereocenters. The number of aliphatic hydroxyl groups excluding tert-OH is 1. The monoisotopic (exact) mass is 471 g/mol. The van der Waals surface area contributed by atoms with Gasteiger partial charge in [-0.25, -0.2) is 0 Å². The number of amides is 1. The Bertz CT molecular complexity index is 1340. The Morgan fingerprint density at radius 1 is 0.943 bits per heavy atom. The van der Waals surface area contributed by atoms with Crippen LogP contribution in [-0.4, -0.2) is 35.0 Å². The summed E-state index contributed by atoms with van der Waals surface area (Å²) in [5, 5.41) is 20.4. The van der Waals surface area contributed by atoms with Crippen LogP contribution in [0.15, 0.2) is 72.3 Å². The smallest absolute Gasteiger partial charge is 0.307 e. The lowest BCUT2D eigenvalue weighted by molar-refractivity contribution is -0.136. The number of carbonyl (C=O) groups is 3. The SMILES string of the molecule is COc1ccc(C2/C(=C(\O)c3cc(C)ccc3C)C(=O)C(=O)N2c2ccc(CC(=O)O)cc2)cc1. The summed E-state index contributed by atoms with van der Waals surface area (Å²) in [5.41, 5.74) is 3.75. The number of methoxy groups -OCH3 is 1. The molecule has 7 nitrogen and oxygen atoms in total. The van der Waals surface area contributed by atoms with Crippen LogP contribution in [0.25, 0.3) is 5.76 Å². The first-order chi connectivity index (χ1) is 16.7. The molecule has 1 aliphatic rings. The molecular weight excluding hydrogens is 446 g/mol. The Morgan fingerprint density at radius 2 is 1.60 bits per heavy atom. The number of ether oxygens (including phenoxy) is 1. The average Bonchev–Trinajstić information content (AvgIpc) is 3.11. The molecule has 1 amide bonds. The zero-order valence-electron chi connectivity index (χ0n) is 19.6. The molecule has 3 aromatic rings. The second-order valence-electron chi connectivity index (χ2n) is 8.50. The fraction of sp³-hybridized carbons (Fsp3) is 0.179. The minimum absolute atomic E-state index is 0.0107. The number of aliphatic hydroxyl groups is 1.